The maximum Gasteiger partial charge on any atom is 0.171 e. The summed E-state index contributed by atoms with van der Waals surface area (Å²) in [4.78, 5) is 0. The van der Waals surface area contributed by atoms with E-state index >= 15 is 0 Å². The summed E-state index contributed by atoms with van der Waals surface area (Å²) in [6.07, 6.45) is 0. The summed E-state index contributed by atoms with van der Waals surface area (Å²) in [5, 5.41) is 0. The van der Waals surface area contributed by atoms with E-state index < -0.39 is 9.04 Å². The molecule has 0 aromatic heterocycles. The first kappa shape index (κ1) is 11.1. The first-order valence-electron chi connectivity index (χ1n) is 3.95. The maximum atomic E-state index is 5.40. The Morgan fingerprint density at radius 2 is 1.64 bits per heavy atom. The molecule has 0 aliphatic carbocycles. The van der Waals surface area contributed by atoms with Crippen LogP contribution in [-0.2, 0) is 13.9 Å². The zero-order valence-electron chi connectivity index (χ0n) is 7.63. The largest absolute Gasteiger partial charge is 0.418 e. The number of methoxy groups -OCH3 is 1. The first-order valence-corrected chi connectivity index (χ1v) is 6.73. The highest BCUT2D eigenvalue weighted by atomic mass is 28.3. The fraction of sp³-hybridized carbons (Fsp3) is 1.00. The highest BCUT2D eigenvalue weighted by molar-refractivity contribution is 6.48. The predicted molar refractivity (Wildman–Crippen MR) is 47.5 cm³/mol. The zero-order chi connectivity index (χ0) is 8.53. The van der Waals surface area contributed by atoms with Gasteiger partial charge in [-0.15, -0.1) is 0 Å². The van der Waals surface area contributed by atoms with E-state index in [4.69, 9.17) is 13.9 Å². The molecule has 0 amide bonds. The Morgan fingerprint density at radius 1 is 1.00 bits per heavy atom. The Balaban J connectivity index is 2.80. The molecule has 0 rings (SSSR count). The highest BCUT2D eigenvalue weighted by Crippen LogP contribution is 1.84. The van der Waals surface area contributed by atoms with Crippen LogP contribution in [0.4, 0.5) is 0 Å². The van der Waals surface area contributed by atoms with Crippen molar-refractivity contribution in [2.75, 3.05) is 33.5 Å². The zero-order valence-corrected chi connectivity index (χ0v) is 8.79. The van der Waals surface area contributed by atoms with Gasteiger partial charge in [-0.1, -0.05) is 0 Å². The molecule has 0 atom stereocenters. The quantitative estimate of drug-likeness (QED) is 0.423. The summed E-state index contributed by atoms with van der Waals surface area (Å²) in [5.41, 5.74) is 0. The van der Waals surface area contributed by atoms with Gasteiger partial charge in [-0.25, -0.2) is 0 Å². The van der Waals surface area contributed by atoms with Crippen molar-refractivity contribution in [3.05, 3.63) is 0 Å². The average Bonchev–Trinajstić information content (AvgIpc) is 1.96. The van der Waals surface area contributed by atoms with Crippen molar-refractivity contribution in [1.82, 2.24) is 0 Å². The van der Waals surface area contributed by atoms with Crippen LogP contribution in [0.15, 0.2) is 0 Å². The number of hydrogen-bond donors (Lipinski definition) is 0. The van der Waals surface area contributed by atoms with Crippen molar-refractivity contribution in [3.8, 4) is 0 Å². The van der Waals surface area contributed by atoms with Gasteiger partial charge in [0.25, 0.3) is 0 Å². The lowest BCUT2D eigenvalue weighted by Crippen LogP contribution is -2.14. The van der Waals surface area contributed by atoms with Gasteiger partial charge in [-0.2, -0.15) is 0 Å². The molecule has 0 aliphatic heterocycles. The van der Waals surface area contributed by atoms with Crippen LogP contribution in [0, 0.1) is 0 Å². The van der Waals surface area contributed by atoms with Crippen LogP contribution < -0.4 is 0 Å². The third kappa shape index (κ3) is 10.1. The molecule has 0 aromatic rings. The van der Waals surface area contributed by atoms with E-state index in [0.29, 0.717) is 19.8 Å². The second-order valence-electron chi connectivity index (χ2n) is 2.52. The van der Waals surface area contributed by atoms with Gasteiger partial charge in [0.1, 0.15) is 0 Å². The van der Waals surface area contributed by atoms with Crippen LogP contribution in [0.2, 0.25) is 13.1 Å². The van der Waals surface area contributed by atoms with E-state index in [1.807, 2.05) is 0 Å². The predicted octanol–water partition coefficient (Wildman–Crippen LogP) is 0.649. The Bertz CT molecular complexity index is 78.1. The second kappa shape index (κ2) is 8.20. The van der Waals surface area contributed by atoms with Gasteiger partial charge in [0.05, 0.1) is 26.4 Å². The van der Waals surface area contributed by atoms with Gasteiger partial charge in [0.15, 0.2) is 9.04 Å². The van der Waals surface area contributed by atoms with E-state index in [9.17, 15) is 0 Å². The SMILES string of the molecule is COCCOCCO[SiH](C)C. The molecule has 0 unspecified atom stereocenters. The molecule has 0 bridgehead atoms. The molecule has 0 fully saturated rings. The standard InChI is InChI=1S/C7H18O3Si/c1-8-4-5-9-6-7-10-11(2)3/h11H,4-7H2,1-3H3. The molecule has 0 spiro atoms. The third-order valence-corrected chi connectivity index (χ3v) is 2.01. The Kier molecular flexibility index (Phi) is 8.27. The highest BCUT2D eigenvalue weighted by Gasteiger charge is 1.93. The molecule has 68 valence electrons. The van der Waals surface area contributed by atoms with Crippen LogP contribution >= 0.6 is 0 Å². The first-order chi connectivity index (χ1) is 5.27. The van der Waals surface area contributed by atoms with Crippen molar-refractivity contribution >= 4 is 9.04 Å². The van der Waals surface area contributed by atoms with E-state index in [2.05, 4.69) is 13.1 Å². The smallest absolute Gasteiger partial charge is 0.171 e. The monoisotopic (exact) mass is 178 g/mol. The molecule has 0 aromatic carbocycles. The minimum Gasteiger partial charge on any atom is -0.418 e. The fourth-order valence-electron chi connectivity index (χ4n) is 0.587. The normalized spacial score (nSPS) is 10.9. The van der Waals surface area contributed by atoms with Crippen LogP contribution in [0.3, 0.4) is 0 Å². The van der Waals surface area contributed by atoms with Crippen LogP contribution in [0.25, 0.3) is 0 Å². The van der Waals surface area contributed by atoms with Crippen molar-refractivity contribution < 1.29 is 13.9 Å². The summed E-state index contributed by atoms with van der Waals surface area (Å²) >= 11 is 0. The van der Waals surface area contributed by atoms with Crippen molar-refractivity contribution in [2.45, 2.75) is 13.1 Å². The molecule has 0 aliphatic rings. The van der Waals surface area contributed by atoms with E-state index in [1.54, 1.807) is 7.11 Å². The van der Waals surface area contributed by atoms with E-state index in [-0.39, 0.29) is 0 Å². The molecule has 4 heteroatoms. The van der Waals surface area contributed by atoms with Crippen LogP contribution in [0.5, 0.6) is 0 Å². The molecular weight excluding hydrogens is 160 g/mol. The number of rotatable bonds is 7. The summed E-state index contributed by atoms with van der Waals surface area (Å²) in [6.45, 7) is 7.05. The molecule has 3 nitrogen and oxygen atoms in total. The van der Waals surface area contributed by atoms with Crippen LogP contribution in [0.1, 0.15) is 0 Å². The lowest BCUT2D eigenvalue weighted by atomic mass is 10.7. The topological polar surface area (TPSA) is 27.7 Å². The van der Waals surface area contributed by atoms with E-state index in [1.165, 1.54) is 0 Å². The van der Waals surface area contributed by atoms with Crippen LogP contribution in [-0.4, -0.2) is 42.6 Å². The van der Waals surface area contributed by atoms with Gasteiger partial charge >= 0.3 is 0 Å². The van der Waals surface area contributed by atoms with E-state index in [0.717, 1.165) is 6.61 Å². The molecule has 11 heavy (non-hydrogen) atoms. The Labute approximate surface area is 70.4 Å². The lowest BCUT2D eigenvalue weighted by Gasteiger charge is -2.06. The fourth-order valence-corrected chi connectivity index (χ4v) is 1.15. The van der Waals surface area contributed by atoms with Crippen molar-refractivity contribution in [2.24, 2.45) is 0 Å². The Hall–Kier alpha value is 0.0969. The summed E-state index contributed by atoms with van der Waals surface area (Å²) in [5.74, 6) is 0. The second-order valence-corrected chi connectivity index (χ2v) is 4.96. The third-order valence-electron chi connectivity index (χ3n) is 1.11. The van der Waals surface area contributed by atoms with Gasteiger partial charge in [-0.3, -0.25) is 0 Å². The minimum absolute atomic E-state index is 0.666. The van der Waals surface area contributed by atoms with Crippen molar-refractivity contribution in [1.29, 1.82) is 0 Å². The maximum absolute atomic E-state index is 5.40. The lowest BCUT2D eigenvalue weighted by molar-refractivity contribution is 0.0543. The van der Waals surface area contributed by atoms with Gasteiger partial charge < -0.3 is 13.9 Å². The van der Waals surface area contributed by atoms with Gasteiger partial charge in [0, 0.05) is 7.11 Å². The van der Waals surface area contributed by atoms with Crippen molar-refractivity contribution in [3.63, 3.8) is 0 Å². The molecule has 0 heterocycles. The summed E-state index contributed by atoms with van der Waals surface area (Å²) < 4.78 is 15.4. The summed E-state index contributed by atoms with van der Waals surface area (Å²) in [7, 11) is 0.827. The number of hydrogen-bond acceptors (Lipinski definition) is 3. The molecule has 0 saturated carbocycles. The molecule has 0 radical (unpaired) electrons. The van der Waals surface area contributed by atoms with Gasteiger partial charge in [0.2, 0.25) is 0 Å². The molecule has 0 N–H and O–H groups in total. The Morgan fingerprint density at radius 3 is 2.18 bits per heavy atom. The number of ether oxygens (including phenoxy) is 2. The average molecular weight is 178 g/mol. The molecule has 0 saturated heterocycles. The summed E-state index contributed by atoms with van der Waals surface area (Å²) in [6, 6.07) is 0. The molecular formula is C7H18O3Si. The van der Waals surface area contributed by atoms with Gasteiger partial charge in [-0.05, 0) is 13.1 Å². The minimum atomic E-state index is -0.841.